The highest BCUT2D eigenvalue weighted by molar-refractivity contribution is 5.92. The summed E-state index contributed by atoms with van der Waals surface area (Å²) in [6.45, 7) is 8.56. The Balaban J connectivity index is 1.80. The second kappa shape index (κ2) is 7.13. The molecule has 3 rings (SSSR count). The van der Waals surface area contributed by atoms with Gasteiger partial charge in [0.1, 0.15) is 11.8 Å². The molecule has 0 unspecified atom stereocenters. The van der Waals surface area contributed by atoms with Crippen molar-refractivity contribution < 1.29 is 9.53 Å². The summed E-state index contributed by atoms with van der Waals surface area (Å²) in [5, 5.41) is 4.55. The van der Waals surface area contributed by atoms with Gasteiger partial charge in [-0.15, -0.1) is 0 Å². The minimum atomic E-state index is -0.103. The van der Waals surface area contributed by atoms with Crippen LogP contribution in [0.4, 0.5) is 0 Å². The molecule has 0 aromatic carbocycles. The van der Waals surface area contributed by atoms with E-state index >= 15 is 0 Å². The lowest BCUT2D eigenvalue weighted by Gasteiger charge is -2.33. The summed E-state index contributed by atoms with van der Waals surface area (Å²) in [4.78, 5) is 18.9. The van der Waals surface area contributed by atoms with Crippen molar-refractivity contribution in [3.05, 3.63) is 47.5 Å². The van der Waals surface area contributed by atoms with Gasteiger partial charge < -0.3 is 9.64 Å². The van der Waals surface area contributed by atoms with Gasteiger partial charge in [0.25, 0.3) is 5.91 Å². The number of rotatable bonds is 4. The first-order chi connectivity index (χ1) is 11.6. The summed E-state index contributed by atoms with van der Waals surface area (Å²) in [5.74, 6) is 0.331. The Kier molecular flexibility index (Phi) is 4.94. The number of aryl methyl sites for hydroxylation is 1. The van der Waals surface area contributed by atoms with Crippen molar-refractivity contribution in [2.45, 2.75) is 39.3 Å². The van der Waals surface area contributed by atoms with Crippen molar-refractivity contribution in [1.82, 2.24) is 19.7 Å². The molecule has 6 heteroatoms. The number of morpholine rings is 1. The Morgan fingerprint density at radius 2 is 2.12 bits per heavy atom. The summed E-state index contributed by atoms with van der Waals surface area (Å²) in [5.41, 5.74) is 2.67. The molecule has 0 N–H and O–H groups in total. The normalized spacial score (nSPS) is 18.2. The van der Waals surface area contributed by atoms with E-state index in [0.717, 1.165) is 11.3 Å². The SMILES string of the molecule is CCn1nc(C(C)C)cc1C(=O)N1CCO[C@H](c2ccncc2)C1. The minimum Gasteiger partial charge on any atom is -0.370 e. The monoisotopic (exact) mass is 328 g/mol. The van der Waals surface area contributed by atoms with E-state index in [4.69, 9.17) is 4.74 Å². The fourth-order valence-corrected chi connectivity index (χ4v) is 2.91. The fourth-order valence-electron chi connectivity index (χ4n) is 2.91. The van der Waals surface area contributed by atoms with Gasteiger partial charge >= 0.3 is 0 Å². The van der Waals surface area contributed by atoms with Crippen LogP contribution >= 0.6 is 0 Å². The molecule has 6 nitrogen and oxygen atoms in total. The predicted octanol–water partition coefficient (Wildman–Crippen LogP) is 2.64. The van der Waals surface area contributed by atoms with Gasteiger partial charge in [0, 0.05) is 25.5 Å². The molecule has 1 aliphatic rings. The van der Waals surface area contributed by atoms with E-state index in [1.54, 1.807) is 17.1 Å². The smallest absolute Gasteiger partial charge is 0.272 e. The van der Waals surface area contributed by atoms with Gasteiger partial charge in [-0.1, -0.05) is 13.8 Å². The number of nitrogens with zero attached hydrogens (tertiary/aromatic N) is 4. The Hall–Kier alpha value is -2.21. The topological polar surface area (TPSA) is 60.2 Å². The summed E-state index contributed by atoms with van der Waals surface area (Å²) >= 11 is 0. The molecular formula is C18H24N4O2. The van der Waals surface area contributed by atoms with E-state index in [1.165, 1.54) is 0 Å². The molecule has 1 aliphatic heterocycles. The molecule has 1 saturated heterocycles. The third-order valence-electron chi connectivity index (χ3n) is 4.34. The number of carbonyl (C=O) groups excluding carboxylic acids is 1. The van der Waals surface area contributed by atoms with Crippen LogP contribution in [0.2, 0.25) is 0 Å². The quantitative estimate of drug-likeness (QED) is 0.866. The van der Waals surface area contributed by atoms with E-state index in [0.29, 0.717) is 37.9 Å². The fraction of sp³-hybridized carbons (Fsp3) is 0.500. The van der Waals surface area contributed by atoms with Crippen LogP contribution in [-0.2, 0) is 11.3 Å². The molecule has 1 amide bonds. The summed E-state index contributed by atoms with van der Waals surface area (Å²) < 4.78 is 7.64. The van der Waals surface area contributed by atoms with Crippen LogP contribution in [0.3, 0.4) is 0 Å². The number of pyridine rings is 1. The summed E-state index contributed by atoms with van der Waals surface area (Å²) in [6.07, 6.45) is 3.40. The van der Waals surface area contributed by atoms with Crippen LogP contribution in [0.25, 0.3) is 0 Å². The average molecular weight is 328 g/mol. The molecule has 1 atom stereocenters. The Morgan fingerprint density at radius 1 is 1.38 bits per heavy atom. The summed E-state index contributed by atoms with van der Waals surface area (Å²) in [7, 11) is 0. The number of hydrogen-bond donors (Lipinski definition) is 0. The second-order valence-corrected chi connectivity index (χ2v) is 6.32. The number of ether oxygens (including phenoxy) is 1. The Bertz CT molecular complexity index is 696. The molecular weight excluding hydrogens is 304 g/mol. The summed E-state index contributed by atoms with van der Waals surface area (Å²) in [6, 6.07) is 5.80. The third kappa shape index (κ3) is 3.33. The van der Waals surface area contributed by atoms with Crippen molar-refractivity contribution in [1.29, 1.82) is 0 Å². The molecule has 0 spiro atoms. The number of aromatic nitrogens is 3. The van der Waals surface area contributed by atoms with E-state index in [1.807, 2.05) is 30.0 Å². The van der Waals surface area contributed by atoms with Crippen LogP contribution in [0, 0.1) is 0 Å². The zero-order chi connectivity index (χ0) is 17.1. The van der Waals surface area contributed by atoms with Gasteiger partial charge in [0.2, 0.25) is 0 Å². The standard InChI is InChI=1S/C18H24N4O2/c1-4-22-16(11-15(20-22)13(2)3)18(23)21-9-10-24-17(12-21)14-5-7-19-8-6-14/h5-8,11,13,17H,4,9-10,12H2,1-3H3/t17-/m0/s1. The molecule has 2 aromatic rings. The van der Waals surface area contributed by atoms with Crippen LogP contribution < -0.4 is 0 Å². The zero-order valence-corrected chi connectivity index (χ0v) is 14.5. The molecule has 0 radical (unpaired) electrons. The third-order valence-corrected chi connectivity index (χ3v) is 4.34. The first kappa shape index (κ1) is 16.6. The van der Waals surface area contributed by atoms with Gasteiger partial charge in [-0.2, -0.15) is 5.10 Å². The van der Waals surface area contributed by atoms with Gasteiger partial charge in [-0.3, -0.25) is 14.5 Å². The van der Waals surface area contributed by atoms with Crippen molar-refractivity contribution in [3.63, 3.8) is 0 Å². The Labute approximate surface area is 142 Å². The number of hydrogen-bond acceptors (Lipinski definition) is 4. The molecule has 3 heterocycles. The van der Waals surface area contributed by atoms with E-state index < -0.39 is 0 Å². The maximum atomic E-state index is 13.0. The van der Waals surface area contributed by atoms with Crippen LogP contribution in [0.15, 0.2) is 30.6 Å². The molecule has 0 aliphatic carbocycles. The largest absolute Gasteiger partial charge is 0.370 e. The average Bonchev–Trinajstić information content (AvgIpc) is 3.06. The molecule has 2 aromatic heterocycles. The van der Waals surface area contributed by atoms with Gasteiger partial charge in [0.15, 0.2) is 0 Å². The highest BCUT2D eigenvalue weighted by Gasteiger charge is 2.28. The van der Waals surface area contributed by atoms with E-state index in [9.17, 15) is 4.79 Å². The molecule has 24 heavy (non-hydrogen) atoms. The first-order valence-electron chi connectivity index (χ1n) is 8.48. The van der Waals surface area contributed by atoms with Crippen molar-refractivity contribution in [2.75, 3.05) is 19.7 Å². The maximum absolute atomic E-state index is 13.0. The van der Waals surface area contributed by atoms with Gasteiger partial charge in [0.05, 0.1) is 18.8 Å². The molecule has 0 saturated carbocycles. The van der Waals surface area contributed by atoms with Gasteiger partial charge in [-0.25, -0.2) is 0 Å². The van der Waals surface area contributed by atoms with Crippen LogP contribution in [0.5, 0.6) is 0 Å². The van der Waals surface area contributed by atoms with Crippen LogP contribution in [0.1, 0.15) is 54.5 Å². The van der Waals surface area contributed by atoms with Crippen molar-refractivity contribution >= 4 is 5.91 Å². The first-order valence-corrected chi connectivity index (χ1v) is 8.48. The number of amides is 1. The Morgan fingerprint density at radius 3 is 2.79 bits per heavy atom. The zero-order valence-electron chi connectivity index (χ0n) is 14.5. The highest BCUT2D eigenvalue weighted by atomic mass is 16.5. The second-order valence-electron chi connectivity index (χ2n) is 6.32. The van der Waals surface area contributed by atoms with Crippen molar-refractivity contribution in [3.8, 4) is 0 Å². The molecule has 1 fully saturated rings. The molecule has 0 bridgehead atoms. The predicted molar refractivity (Wildman–Crippen MR) is 90.8 cm³/mol. The lowest BCUT2D eigenvalue weighted by Crippen LogP contribution is -2.43. The van der Waals surface area contributed by atoms with E-state index in [-0.39, 0.29) is 12.0 Å². The highest BCUT2D eigenvalue weighted by Crippen LogP contribution is 2.23. The van der Waals surface area contributed by atoms with E-state index in [2.05, 4.69) is 23.9 Å². The van der Waals surface area contributed by atoms with Crippen LogP contribution in [-0.4, -0.2) is 45.3 Å². The lowest BCUT2D eigenvalue weighted by molar-refractivity contribution is -0.0232. The maximum Gasteiger partial charge on any atom is 0.272 e. The van der Waals surface area contributed by atoms with Crippen molar-refractivity contribution in [2.24, 2.45) is 0 Å². The number of carbonyl (C=O) groups is 1. The van der Waals surface area contributed by atoms with Gasteiger partial charge in [-0.05, 0) is 36.6 Å². The molecule has 128 valence electrons. The lowest BCUT2D eigenvalue weighted by atomic mass is 10.1. The minimum absolute atomic E-state index is 0.0265.